The largest absolute Gasteiger partial charge is 0.452 e. The number of hydrogen-bond acceptors (Lipinski definition) is 4. The van der Waals surface area contributed by atoms with Gasteiger partial charge < -0.3 is 15.4 Å². The summed E-state index contributed by atoms with van der Waals surface area (Å²) >= 11 is 3.08. The van der Waals surface area contributed by atoms with Gasteiger partial charge in [-0.2, -0.15) is 0 Å². The zero-order chi connectivity index (χ0) is 17.0. The third kappa shape index (κ3) is 4.28. The number of benzene rings is 1. The topological polar surface area (TPSA) is 89.7 Å². The lowest BCUT2D eigenvalue weighted by molar-refractivity contribution is -0.143. The summed E-state index contributed by atoms with van der Waals surface area (Å²) in [6.07, 6.45) is 2.06. The van der Waals surface area contributed by atoms with Crippen LogP contribution in [0.1, 0.15) is 29.6 Å². The zero-order valence-electron chi connectivity index (χ0n) is 12.3. The molecule has 1 heterocycles. The fourth-order valence-corrected chi connectivity index (χ4v) is 2.80. The monoisotopic (exact) mass is 386 g/mol. The number of ether oxygens (including phenoxy) is 1. The van der Waals surface area contributed by atoms with Crippen LogP contribution in [0.15, 0.2) is 22.7 Å². The van der Waals surface area contributed by atoms with Crippen molar-refractivity contribution in [2.45, 2.75) is 25.3 Å². The number of hydrogen-bond donors (Lipinski definition) is 1. The molecule has 0 unspecified atom stereocenters. The highest BCUT2D eigenvalue weighted by Crippen LogP contribution is 2.18. The van der Waals surface area contributed by atoms with Crippen molar-refractivity contribution in [1.82, 2.24) is 4.90 Å². The Morgan fingerprint density at radius 3 is 2.74 bits per heavy atom. The predicted octanol–water partition coefficient (Wildman–Crippen LogP) is 1.61. The number of rotatable bonds is 4. The SMILES string of the molecule is NC(=O)[C@@H]1CCCCN1C(=O)COC(=O)c1ccc(Br)cc1F. The Morgan fingerprint density at radius 2 is 2.09 bits per heavy atom. The number of esters is 1. The highest BCUT2D eigenvalue weighted by Gasteiger charge is 2.31. The van der Waals surface area contributed by atoms with Gasteiger partial charge in [0.05, 0.1) is 5.56 Å². The summed E-state index contributed by atoms with van der Waals surface area (Å²) in [7, 11) is 0. The first kappa shape index (κ1) is 17.4. The van der Waals surface area contributed by atoms with Crippen LogP contribution in [0, 0.1) is 5.82 Å². The molecule has 2 rings (SSSR count). The van der Waals surface area contributed by atoms with Gasteiger partial charge in [0.2, 0.25) is 5.91 Å². The van der Waals surface area contributed by atoms with Crippen LogP contribution in [0.5, 0.6) is 0 Å². The van der Waals surface area contributed by atoms with Crippen molar-refractivity contribution in [1.29, 1.82) is 0 Å². The Bertz CT molecular complexity index is 638. The van der Waals surface area contributed by atoms with Crippen molar-refractivity contribution in [3.05, 3.63) is 34.1 Å². The highest BCUT2D eigenvalue weighted by atomic mass is 79.9. The summed E-state index contributed by atoms with van der Waals surface area (Å²) in [5.74, 6) is -2.77. The average Bonchev–Trinajstić information content (AvgIpc) is 2.52. The number of halogens is 2. The van der Waals surface area contributed by atoms with Gasteiger partial charge in [-0.15, -0.1) is 0 Å². The molecule has 124 valence electrons. The Morgan fingerprint density at radius 1 is 1.35 bits per heavy atom. The van der Waals surface area contributed by atoms with E-state index in [0.717, 1.165) is 18.9 Å². The standard InChI is InChI=1S/C15H16BrFN2O4/c16-9-4-5-10(11(17)7-9)15(22)23-8-13(20)19-6-2-1-3-12(19)14(18)21/h4-5,7,12H,1-3,6,8H2,(H2,18,21)/t12-/m0/s1. The molecule has 6 nitrogen and oxygen atoms in total. The van der Waals surface area contributed by atoms with E-state index in [9.17, 15) is 18.8 Å². The van der Waals surface area contributed by atoms with Crippen molar-refractivity contribution >= 4 is 33.7 Å². The first-order valence-electron chi connectivity index (χ1n) is 7.11. The van der Waals surface area contributed by atoms with E-state index in [0.29, 0.717) is 17.4 Å². The number of carbonyl (C=O) groups is 3. The molecule has 1 aromatic carbocycles. The van der Waals surface area contributed by atoms with Gasteiger partial charge in [0.15, 0.2) is 6.61 Å². The molecule has 8 heteroatoms. The molecule has 23 heavy (non-hydrogen) atoms. The third-order valence-electron chi connectivity index (χ3n) is 3.63. The van der Waals surface area contributed by atoms with Crippen LogP contribution in [0.2, 0.25) is 0 Å². The third-order valence-corrected chi connectivity index (χ3v) is 4.12. The molecule has 0 radical (unpaired) electrons. The van der Waals surface area contributed by atoms with Crippen molar-refractivity contribution < 1.29 is 23.5 Å². The van der Waals surface area contributed by atoms with Crippen LogP contribution >= 0.6 is 15.9 Å². The molecule has 1 fully saturated rings. The molecule has 2 amide bonds. The van der Waals surface area contributed by atoms with Gasteiger partial charge in [0, 0.05) is 11.0 Å². The van der Waals surface area contributed by atoms with Gasteiger partial charge in [-0.25, -0.2) is 9.18 Å². The van der Waals surface area contributed by atoms with Crippen LogP contribution in [0.25, 0.3) is 0 Å². The number of primary amides is 1. The molecule has 0 aliphatic carbocycles. The second-order valence-corrected chi connectivity index (χ2v) is 6.12. The average molecular weight is 387 g/mol. The summed E-state index contributed by atoms with van der Waals surface area (Å²) < 4.78 is 19.0. The molecule has 1 aliphatic rings. The van der Waals surface area contributed by atoms with Crippen LogP contribution < -0.4 is 5.73 Å². The van der Waals surface area contributed by atoms with Gasteiger partial charge in [-0.1, -0.05) is 15.9 Å². The molecule has 1 atom stereocenters. The first-order valence-corrected chi connectivity index (χ1v) is 7.90. The van der Waals surface area contributed by atoms with E-state index in [1.165, 1.54) is 17.0 Å². The molecule has 2 N–H and O–H groups in total. The van der Waals surface area contributed by atoms with E-state index in [-0.39, 0.29) is 5.56 Å². The summed E-state index contributed by atoms with van der Waals surface area (Å²) in [5, 5.41) is 0. The molecule has 0 saturated carbocycles. The molecule has 1 saturated heterocycles. The van der Waals surface area contributed by atoms with E-state index in [2.05, 4.69) is 15.9 Å². The van der Waals surface area contributed by atoms with Crippen LogP contribution in [0.3, 0.4) is 0 Å². The first-order chi connectivity index (χ1) is 10.9. The summed E-state index contributed by atoms with van der Waals surface area (Å²) in [5.41, 5.74) is 5.02. The van der Waals surface area contributed by atoms with Crippen molar-refractivity contribution in [3.63, 3.8) is 0 Å². The normalized spacial score (nSPS) is 17.7. The minimum atomic E-state index is -0.934. The van der Waals surface area contributed by atoms with E-state index in [1.54, 1.807) is 0 Å². The van der Waals surface area contributed by atoms with Gasteiger partial charge in [0.25, 0.3) is 5.91 Å². The van der Waals surface area contributed by atoms with Gasteiger partial charge in [-0.05, 0) is 37.5 Å². The van der Waals surface area contributed by atoms with Crippen molar-refractivity contribution in [3.8, 4) is 0 Å². The summed E-state index contributed by atoms with van der Waals surface area (Å²) in [6.45, 7) is -0.172. The predicted molar refractivity (Wildman–Crippen MR) is 82.9 cm³/mol. The van der Waals surface area contributed by atoms with Gasteiger partial charge >= 0.3 is 5.97 Å². The molecule has 1 aliphatic heterocycles. The smallest absolute Gasteiger partial charge is 0.341 e. The Balaban J connectivity index is 1.97. The lowest BCUT2D eigenvalue weighted by Crippen LogP contribution is -2.51. The van der Waals surface area contributed by atoms with Crippen molar-refractivity contribution in [2.75, 3.05) is 13.2 Å². The van der Waals surface area contributed by atoms with Crippen LogP contribution in [0.4, 0.5) is 4.39 Å². The van der Waals surface area contributed by atoms with E-state index < -0.39 is 36.2 Å². The minimum Gasteiger partial charge on any atom is -0.452 e. The zero-order valence-corrected chi connectivity index (χ0v) is 13.8. The Kier molecular flexibility index (Phi) is 5.70. The molecule has 1 aromatic rings. The summed E-state index contributed by atoms with van der Waals surface area (Å²) in [4.78, 5) is 36.7. The number of nitrogens with zero attached hydrogens (tertiary/aromatic N) is 1. The minimum absolute atomic E-state index is 0.258. The van der Waals surface area contributed by atoms with Crippen LogP contribution in [-0.4, -0.2) is 41.9 Å². The molecule has 0 spiro atoms. The summed E-state index contributed by atoms with van der Waals surface area (Å²) in [6, 6.07) is 3.21. The molecular weight excluding hydrogens is 371 g/mol. The number of carbonyl (C=O) groups excluding carboxylic acids is 3. The van der Waals surface area contributed by atoms with E-state index in [1.807, 2.05) is 0 Å². The maximum absolute atomic E-state index is 13.7. The fourth-order valence-electron chi connectivity index (χ4n) is 2.47. The fraction of sp³-hybridized carbons (Fsp3) is 0.400. The van der Waals surface area contributed by atoms with Crippen LogP contribution in [-0.2, 0) is 14.3 Å². The number of likely N-dealkylation sites (tertiary alicyclic amines) is 1. The van der Waals surface area contributed by atoms with E-state index >= 15 is 0 Å². The quantitative estimate of drug-likeness (QED) is 0.795. The number of piperidine rings is 1. The highest BCUT2D eigenvalue weighted by molar-refractivity contribution is 9.10. The molecular formula is C15H16BrFN2O4. The Labute approximate surface area is 140 Å². The van der Waals surface area contributed by atoms with Gasteiger partial charge in [-0.3, -0.25) is 9.59 Å². The van der Waals surface area contributed by atoms with Gasteiger partial charge in [0.1, 0.15) is 11.9 Å². The maximum Gasteiger partial charge on any atom is 0.341 e. The number of amides is 2. The lowest BCUT2D eigenvalue weighted by atomic mass is 10.0. The maximum atomic E-state index is 13.7. The van der Waals surface area contributed by atoms with E-state index in [4.69, 9.17) is 10.5 Å². The molecule has 0 aromatic heterocycles. The molecule has 0 bridgehead atoms. The Hall–Kier alpha value is -1.96. The second kappa shape index (κ2) is 7.54. The second-order valence-electron chi connectivity index (χ2n) is 5.20. The number of nitrogens with two attached hydrogens (primary N) is 1. The lowest BCUT2D eigenvalue weighted by Gasteiger charge is -2.33. The van der Waals surface area contributed by atoms with Crippen molar-refractivity contribution in [2.24, 2.45) is 5.73 Å².